The molecule has 0 radical (unpaired) electrons. The standard InChI is InChI=1S/C22H26Br2N2O/c1-3-25(15-17-10-6-4-7-11-17)22-20(14-19(23)21(22)24)26(16(2)27)18-12-8-5-9-13-18/h4-13,19-22H,3,14-15H2,1-2H3. The summed E-state index contributed by atoms with van der Waals surface area (Å²) in [6.07, 6.45) is 0.917. The molecule has 2 aromatic rings. The van der Waals surface area contributed by atoms with Crippen LogP contribution in [-0.2, 0) is 11.3 Å². The maximum absolute atomic E-state index is 12.6. The topological polar surface area (TPSA) is 23.6 Å². The van der Waals surface area contributed by atoms with Crippen LogP contribution in [0.4, 0.5) is 5.69 Å². The maximum Gasteiger partial charge on any atom is 0.224 e. The fraction of sp³-hybridized carbons (Fsp3) is 0.409. The number of halogens is 2. The highest BCUT2D eigenvalue weighted by Crippen LogP contribution is 2.40. The lowest BCUT2D eigenvalue weighted by Gasteiger charge is -2.39. The van der Waals surface area contributed by atoms with Gasteiger partial charge in [-0.05, 0) is 30.7 Å². The predicted molar refractivity (Wildman–Crippen MR) is 120 cm³/mol. The van der Waals surface area contributed by atoms with Crippen LogP contribution < -0.4 is 4.90 Å². The van der Waals surface area contributed by atoms with Crippen molar-refractivity contribution < 1.29 is 4.79 Å². The minimum Gasteiger partial charge on any atom is -0.308 e. The van der Waals surface area contributed by atoms with Crippen molar-refractivity contribution in [1.82, 2.24) is 4.90 Å². The van der Waals surface area contributed by atoms with Crippen molar-refractivity contribution in [2.45, 2.75) is 48.6 Å². The molecule has 4 atom stereocenters. The van der Waals surface area contributed by atoms with E-state index in [9.17, 15) is 4.79 Å². The lowest BCUT2D eigenvalue weighted by Crippen LogP contribution is -2.53. The Labute approximate surface area is 179 Å². The molecule has 5 heteroatoms. The van der Waals surface area contributed by atoms with Crippen molar-refractivity contribution in [2.75, 3.05) is 11.4 Å². The third kappa shape index (κ3) is 4.64. The Kier molecular flexibility index (Phi) is 7.12. The van der Waals surface area contributed by atoms with Gasteiger partial charge in [-0.3, -0.25) is 9.69 Å². The highest BCUT2D eigenvalue weighted by Gasteiger charge is 2.47. The first-order valence-electron chi connectivity index (χ1n) is 9.44. The summed E-state index contributed by atoms with van der Waals surface area (Å²) in [6, 6.07) is 20.9. The fourth-order valence-electron chi connectivity index (χ4n) is 4.07. The van der Waals surface area contributed by atoms with Crippen LogP contribution in [0.15, 0.2) is 60.7 Å². The van der Waals surface area contributed by atoms with E-state index < -0.39 is 0 Å². The van der Waals surface area contributed by atoms with Gasteiger partial charge in [0.25, 0.3) is 0 Å². The second-order valence-corrected chi connectivity index (χ2v) is 9.26. The number of hydrogen-bond acceptors (Lipinski definition) is 2. The summed E-state index contributed by atoms with van der Waals surface area (Å²) in [7, 11) is 0. The normalized spacial score (nSPS) is 24.9. The van der Waals surface area contributed by atoms with Crippen molar-refractivity contribution in [2.24, 2.45) is 0 Å². The average molecular weight is 494 g/mol. The molecule has 0 aromatic heterocycles. The first kappa shape index (κ1) is 20.6. The van der Waals surface area contributed by atoms with E-state index in [0.29, 0.717) is 4.83 Å². The second-order valence-electron chi connectivity index (χ2n) is 7.03. The van der Waals surface area contributed by atoms with Crippen LogP contribution in [0.1, 0.15) is 25.8 Å². The summed E-state index contributed by atoms with van der Waals surface area (Å²) in [5.74, 6) is 0.0910. The molecule has 1 fully saturated rings. The molecule has 0 N–H and O–H groups in total. The van der Waals surface area contributed by atoms with E-state index in [1.165, 1.54) is 5.56 Å². The summed E-state index contributed by atoms with van der Waals surface area (Å²) in [4.78, 5) is 17.7. The van der Waals surface area contributed by atoms with E-state index in [4.69, 9.17) is 0 Å². The summed E-state index contributed by atoms with van der Waals surface area (Å²) in [6.45, 7) is 5.67. The zero-order valence-electron chi connectivity index (χ0n) is 15.8. The Morgan fingerprint density at radius 1 is 1.04 bits per heavy atom. The summed E-state index contributed by atoms with van der Waals surface area (Å²) < 4.78 is 0. The first-order valence-corrected chi connectivity index (χ1v) is 11.3. The van der Waals surface area contributed by atoms with Gasteiger partial charge >= 0.3 is 0 Å². The van der Waals surface area contributed by atoms with Gasteiger partial charge in [0, 0.05) is 34.9 Å². The largest absolute Gasteiger partial charge is 0.308 e. The maximum atomic E-state index is 12.6. The van der Waals surface area contributed by atoms with Crippen LogP contribution in [0.5, 0.6) is 0 Å². The Morgan fingerprint density at radius 3 is 2.19 bits per heavy atom. The van der Waals surface area contributed by atoms with Gasteiger partial charge in [-0.15, -0.1) is 0 Å². The molecule has 3 rings (SSSR count). The van der Waals surface area contributed by atoms with Crippen molar-refractivity contribution in [3.8, 4) is 0 Å². The zero-order valence-corrected chi connectivity index (χ0v) is 18.9. The Morgan fingerprint density at radius 2 is 1.63 bits per heavy atom. The van der Waals surface area contributed by atoms with Crippen LogP contribution in [0.3, 0.4) is 0 Å². The molecule has 1 aliphatic carbocycles. The fourth-order valence-corrected chi connectivity index (χ4v) is 5.67. The third-order valence-electron chi connectivity index (χ3n) is 5.29. The van der Waals surface area contributed by atoms with E-state index in [2.05, 4.69) is 67.9 Å². The van der Waals surface area contributed by atoms with Gasteiger partial charge < -0.3 is 4.90 Å². The van der Waals surface area contributed by atoms with Crippen LogP contribution >= 0.6 is 31.9 Å². The van der Waals surface area contributed by atoms with E-state index in [1.54, 1.807) is 6.92 Å². The van der Waals surface area contributed by atoms with Gasteiger partial charge in [-0.25, -0.2) is 0 Å². The zero-order chi connectivity index (χ0) is 19.4. The van der Waals surface area contributed by atoms with Gasteiger partial charge in [-0.2, -0.15) is 0 Å². The molecule has 0 aliphatic heterocycles. The van der Waals surface area contributed by atoms with E-state index in [1.807, 2.05) is 41.3 Å². The summed E-state index contributed by atoms with van der Waals surface area (Å²) in [5, 5.41) is 0. The quantitative estimate of drug-likeness (QED) is 0.514. The van der Waals surface area contributed by atoms with Crippen LogP contribution in [0.2, 0.25) is 0 Å². The Hall–Kier alpha value is -1.17. The number of rotatable bonds is 6. The van der Waals surface area contributed by atoms with Gasteiger partial charge in [0.05, 0.1) is 6.04 Å². The lowest BCUT2D eigenvalue weighted by molar-refractivity contribution is -0.117. The van der Waals surface area contributed by atoms with Gasteiger partial charge in [0.1, 0.15) is 0 Å². The highest BCUT2D eigenvalue weighted by atomic mass is 79.9. The van der Waals surface area contributed by atoms with E-state index in [-0.39, 0.29) is 22.8 Å². The number of carbonyl (C=O) groups is 1. The van der Waals surface area contributed by atoms with Crippen LogP contribution in [0, 0.1) is 0 Å². The van der Waals surface area contributed by atoms with E-state index in [0.717, 1.165) is 25.2 Å². The Balaban J connectivity index is 1.93. The minimum absolute atomic E-state index is 0.0910. The molecule has 1 saturated carbocycles. The second kappa shape index (κ2) is 9.35. The third-order valence-corrected chi connectivity index (χ3v) is 8.13. The molecule has 0 saturated heterocycles. The number of alkyl halides is 2. The van der Waals surface area contributed by atoms with Crippen molar-refractivity contribution in [1.29, 1.82) is 0 Å². The monoisotopic (exact) mass is 492 g/mol. The number of carbonyl (C=O) groups excluding carboxylic acids is 1. The number of para-hydroxylation sites is 1. The summed E-state index contributed by atoms with van der Waals surface area (Å²) in [5.41, 5.74) is 2.27. The summed E-state index contributed by atoms with van der Waals surface area (Å²) >= 11 is 7.77. The van der Waals surface area contributed by atoms with Crippen LogP contribution in [0.25, 0.3) is 0 Å². The molecule has 0 bridgehead atoms. The minimum atomic E-state index is 0.0910. The SMILES string of the molecule is CCN(Cc1ccccc1)C1C(Br)C(Br)CC1N(C(C)=O)c1ccccc1. The number of anilines is 1. The Bertz CT molecular complexity index is 740. The van der Waals surface area contributed by atoms with Crippen molar-refractivity contribution >= 4 is 43.5 Å². The lowest BCUT2D eigenvalue weighted by atomic mass is 10.1. The molecular formula is C22H26Br2N2O. The molecule has 0 spiro atoms. The number of likely N-dealkylation sites (N-methyl/N-ethyl adjacent to an activating group) is 1. The number of benzene rings is 2. The van der Waals surface area contributed by atoms with E-state index >= 15 is 0 Å². The first-order chi connectivity index (χ1) is 13.0. The molecule has 0 heterocycles. The van der Waals surface area contributed by atoms with Gasteiger partial charge in [-0.1, -0.05) is 87.3 Å². The number of hydrogen-bond donors (Lipinski definition) is 0. The van der Waals surface area contributed by atoms with Gasteiger partial charge in [0.15, 0.2) is 0 Å². The van der Waals surface area contributed by atoms with Crippen molar-refractivity contribution in [3.63, 3.8) is 0 Å². The molecule has 4 unspecified atom stereocenters. The molecular weight excluding hydrogens is 468 g/mol. The van der Waals surface area contributed by atoms with Crippen molar-refractivity contribution in [3.05, 3.63) is 66.2 Å². The molecule has 1 aliphatic rings. The molecule has 3 nitrogen and oxygen atoms in total. The number of nitrogens with zero attached hydrogens (tertiary/aromatic N) is 2. The highest BCUT2D eigenvalue weighted by molar-refractivity contribution is 9.12. The predicted octanol–water partition coefficient (Wildman–Crippen LogP) is 5.23. The smallest absolute Gasteiger partial charge is 0.224 e. The molecule has 27 heavy (non-hydrogen) atoms. The molecule has 2 aromatic carbocycles. The molecule has 1 amide bonds. The van der Waals surface area contributed by atoms with Crippen LogP contribution in [-0.4, -0.2) is 39.1 Å². The van der Waals surface area contributed by atoms with Gasteiger partial charge in [0.2, 0.25) is 5.91 Å². The molecule has 144 valence electrons. The number of amides is 1. The average Bonchev–Trinajstić information content (AvgIpc) is 2.96.